The van der Waals surface area contributed by atoms with Crippen LogP contribution in [-0.4, -0.2) is 28.3 Å². The third-order valence-corrected chi connectivity index (χ3v) is 4.71. The van der Waals surface area contributed by atoms with E-state index in [0.717, 1.165) is 25.1 Å². The van der Waals surface area contributed by atoms with Crippen molar-refractivity contribution in [3.63, 3.8) is 0 Å². The highest BCUT2D eigenvalue weighted by Gasteiger charge is 2.20. The Kier molecular flexibility index (Phi) is 5.20. The summed E-state index contributed by atoms with van der Waals surface area (Å²) in [5, 5.41) is 5.52. The van der Waals surface area contributed by atoms with Crippen LogP contribution in [0.25, 0.3) is 0 Å². The van der Waals surface area contributed by atoms with Gasteiger partial charge in [0, 0.05) is 36.6 Å². The smallest absolute Gasteiger partial charge is 0.274 e. The van der Waals surface area contributed by atoms with E-state index in [0.29, 0.717) is 17.2 Å². The lowest BCUT2D eigenvalue weighted by Gasteiger charge is -2.30. The number of aromatic nitrogens is 2. The maximum Gasteiger partial charge on any atom is 0.274 e. The molecule has 2 heterocycles. The van der Waals surface area contributed by atoms with E-state index in [-0.39, 0.29) is 17.5 Å². The van der Waals surface area contributed by atoms with Crippen molar-refractivity contribution in [3.05, 3.63) is 72.2 Å². The number of carbonyl (C=O) groups is 2. The molecule has 3 aromatic rings. The van der Waals surface area contributed by atoms with Gasteiger partial charge in [0.15, 0.2) is 0 Å². The van der Waals surface area contributed by atoms with Crippen molar-refractivity contribution in [1.82, 2.24) is 9.97 Å². The second-order valence-electron chi connectivity index (χ2n) is 6.86. The lowest BCUT2D eigenvalue weighted by atomic mass is 10.0. The Morgan fingerprint density at radius 2 is 1.76 bits per heavy atom. The quantitative estimate of drug-likeness (QED) is 0.712. The van der Waals surface area contributed by atoms with Crippen LogP contribution in [0.3, 0.4) is 0 Å². The van der Waals surface area contributed by atoms with Crippen LogP contribution < -0.4 is 15.5 Å². The summed E-state index contributed by atoms with van der Waals surface area (Å²) >= 11 is 0. The lowest BCUT2D eigenvalue weighted by Crippen LogP contribution is -2.26. The Hall–Kier alpha value is -3.74. The first-order valence-corrected chi connectivity index (χ1v) is 9.46. The van der Waals surface area contributed by atoms with E-state index in [1.165, 1.54) is 18.8 Å². The Bertz CT molecular complexity index is 1070. The van der Waals surface area contributed by atoms with Crippen molar-refractivity contribution in [2.45, 2.75) is 19.8 Å². The minimum absolute atomic E-state index is 0.171. The molecular weight excluding hydrogens is 366 g/mol. The van der Waals surface area contributed by atoms with Gasteiger partial charge in [-0.2, -0.15) is 0 Å². The summed E-state index contributed by atoms with van der Waals surface area (Å²) in [6.45, 7) is 2.28. The predicted molar refractivity (Wildman–Crippen MR) is 112 cm³/mol. The fourth-order valence-electron chi connectivity index (χ4n) is 3.46. The fraction of sp³-hybridized carbons (Fsp3) is 0.182. The van der Waals surface area contributed by atoms with E-state index < -0.39 is 0 Å². The van der Waals surface area contributed by atoms with Gasteiger partial charge in [-0.15, -0.1) is 0 Å². The summed E-state index contributed by atoms with van der Waals surface area (Å²) in [4.78, 5) is 34.6. The summed E-state index contributed by atoms with van der Waals surface area (Å²) in [5.74, 6) is 0.193. The Morgan fingerprint density at radius 1 is 0.966 bits per heavy atom. The van der Waals surface area contributed by atoms with Crippen molar-refractivity contribution in [2.24, 2.45) is 0 Å². The first-order valence-electron chi connectivity index (χ1n) is 9.46. The van der Waals surface area contributed by atoms with Crippen LogP contribution in [-0.2, 0) is 11.2 Å². The molecule has 2 aromatic carbocycles. The van der Waals surface area contributed by atoms with E-state index >= 15 is 0 Å². The largest absolute Gasteiger partial charge is 0.326 e. The molecule has 0 radical (unpaired) electrons. The summed E-state index contributed by atoms with van der Waals surface area (Å²) in [5.41, 5.74) is 3.86. The number of hydrogen-bond acceptors (Lipinski definition) is 5. The van der Waals surface area contributed by atoms with E-state index in [9.17, 15) is 9.59 Å². The van der Waals surface area contributed by atoms with Gasteiger partial charge in [-0.3, -0.25) is 9.59 Å². The predicted octanol–water partition coefficient (Wildman–Crippen LogP) is 3.77. The molecule has 2 amide bonds. The number of carbonyl (C=O) groups excluding carboxylic acids is 2. The molecular formula is C22H21N5O2. The number of aryl methyl sites for hydroxylation is 1. The van der Waals surface area contributed by atoms with Gasteiger partial charge in [0.25, 0.3) is 5.91 Å². The van der Waals surface area contributed by atoms with Gasteiger partial charge in [0.1, 0.15) is 17.8 Å². The zero-order valence-electron chi connectivity index (χ0n) is 16.1. The third-order valence-electron chi connectivity index (χ3n) is 4.71. The molecule has 0 bridgehead atoms. The topological polar surface area (TPSA) is 87.2 Å². The highest BCUT2D eigenvalue weighted by atomic mass is 16.2. The van der Waals surface area contributed by atoms with E-state index in [2.05, 4.69) is 37.6 Å². The Balaban J connectivity index is 1.55. The standard InChI is InChI=1S/C22H21N5O2/c1-15(28)25-17-8-4-9-18(12-17)26-22(29)19-13-21(24-14-23-19)27-11-5-7-16-6-2-3-10-20(16)27/h2-4,6,8-10,12-14H,5,7,11H2,1H3,(H,25,28)(H,26,29). The minimum atomic E-state index is -0.334. The van der Waals surface area contributed by atoms with Crippen LogP contribution in [0.15, 0.2) is 60.9 Å². The number of hydrogen-bond donors (Lipinski definition) is 2. The molecule has 7 nitrogen and oxygen atoms in total. The maximum atomic E-state index is 12.7. The molecule has 146 valence electrons. The van der Waals surface area contributed by atoms with Gasteiger partial charge < -0.3 is 15.5 Å². The molecule has 0 spiro atoms. The van der Waals surface area contributed by atoms with Crippen LogP contribution in [0.5, 0.6) is 0 Å². The monoisotopic (exact) mass is 387 g/mol. The van der Waals surface area contributed by atoms with Gasteiger partial charge >= 0.3 is 0 Å². The van der Waals surface area contributed by atoms with Crippen LogP contribution in [0, 0.1) is 0 Å². The average molecular weight is 387 g/mol. The summed E-state index contributed by atoms with van der Waals surface area (Å²) < 4.78 is 0. The van der Waals surface area contributed by atoms with E-state index in [4.69, 9.17) is 0 Å². The van der Waals surface area contributed by atoms with Gasteiger partial charge in [-0.25, -0.2) is 9.97 Å². The number of nitrogens with one attached hydrogen (secondary N) is 2. The number of benzene rings is 2. The van der Waals surface area contributed by atoms with Crippen LogP contribution >= 0.6 is 0 Å². The minimum Gasteiger partial charge on any atom is -0.326 e. The first-order chi connectivity index (χ1) is 14.1. The van der Waals surface area contributed by atoms with Crippen molar-refractivity contribution >= 4 is 34.7 Å². The molecule has 1 aliphatic rings. The van der Waals surface area contributed by atoms with Gasteiger partial charge in [-0.05, 0) is 42.7 Å². The summed E-state index contributed by atoms with van der Waals surface area (Å²) in [6, 6.07) is 16.9. The molecule has 2 N–H and O–H groups in total. The molecule has 1 aromatic heterocycles. The molecule has 0 atom stereocenters. The zero-order chi connectivity index (χ0) is 20.2. The van der Waals surface area contributed by atoms with Crippen molar-refractivity contribution in [2.75, 3.05) is 22.1 Å². The number of amides is 2. The molecule has 7 heteroatoms. The lowest BCUT2D eigenvalue weighted by molar-refractivity contribution is -0.114. The molecule has 4 rings (SSSR count). The molecule has 0 saturated carbocycles. The normalized spacial score (nSPS) is 12.8. The Morgan fingerprint density at radius 3 is 2.59 bits per heavy atom. The number of anilines is 4. The highest BCUT2D eigenvalue weighted by molar-refractivity contribution is 6.03. The second kappa shape index (κ2) is 8.10. The number of fused-ring (bicyclic) bond motifs is 1. The molecule has 0 aliphatic carbocycles. The van der Waals surface area contributed by atoms with Crippen molar-refractivity contribution in [1.29, 1.82) is 0 Å². The van der Waals surface area contributed by atoms with Crippen molar-refractivity contribution in [3.8, 4) is 0 Å². The Labute approximate surface area is 168 Å². The van der Waals surface area contributed by atoms with Crippen LogP contribution in [0.2, 0.25) is 0 Å². The van der Waals surface area contributed by atoms with Crippen LogP contribution in [0.1, 0.15) is 29.4 Å². The van der Waals surface area contributed by atoms with Crippen LogP contribution in [0.4, 0.5) is 22.9 Å². The molecule has 1 aliphatic heterocycles. The number of rotatable bonds is 4. The van der Waals surface area contributed by atoms with Gasteiger partial charge in [-0.1, -0.05) is 24.3 Å². The number of para-hydroxylation sites is 1. The average Bonchev–Trinajstić information content (AvgIpc) is 2.73. The summed E-state index contributed by atoms with van der Waals surface area (Å²) in [6.07, 6.45) is 3.48. The van der Waals surface area contributed by atoms with Crippen molar-refractivity contribution < 1.29 is 9.59 Å². The molecule has 29 heavy (non-hydrogen) atoms. The van der Waals surface area contributed by atoms with Gasteiger partial charge in [0.05, 0.1) is 0 Å². The first kappa shape index (κ1) is 18.6. The maximum absolute atomic E-state index is 12.7. The fourth-order valence-corrected chi connectivity index (χ4v) is 3.46. The summed E-state index contributed by atoms with van der Waals surface area (Å²) in [7, 11) is 0. The SMILES string of the molecule is CC(=O)Nc1cccc(NC(=O)c2cc(N3CCCc4ccccc43)ncn2)c1. The highest BCUT2D eigenvalue weighted by Crippen LogP contribution is 2.32. The van der Waals surface area contributed by atoms with E-state index in [1.54, 1.807) is 30.3 Å². The molecule has 0 fully saturated rings. The number of nitrogens with zero attached hydrogens (tertiary/aromatic N) is 3. The zero-order valence-corrected chi connectivity index (χ0v) is 16.1. The van der Waals surface area contributed by atoms with E-state index in [1.807, 2.05) is 12.1 Å². The molecule has 0 unspecified atom stereocenters. The second-order valence-corrected chi connectivity index (χ2v) is 6.86. The molecule has 0 saturated heterocycles. The van der Waals surface area contributed by atoms with Gasteiger partial charge in [0.2, 0.25) is 5.91 Å². The third kappa shape index (κ3) is 4.24.